The van der Waals surface area contributed by atoms with E-state index in [0.29, 0.717) is 0 Å². The second-order valence-electron chi connectivity index (χ2n) is 3.98. The van der Waals surface area contributed by atoms with E-state index in [1.54, 1.807) is 0 Å². The van der Waals surface area contributed by atoms with E-state index in [-0.39, 0.29) is 12.0 Å². The van der Waals surface area contributed by atoms with Gasteiger partial charge in [0.2, 0.25) is 0 Å². The number of carboxylic acids is 1. The molecule has 5 nitrogen and oxygen atoms in total. The quantitative estimate of drug-likeness (QED) is 0.593. The molecule has 0 unspecified atom stereocenters. The molecule has 0 aromatic carbocycles. The third-order valence-electron chi connectivity index (χ3n) is 1.20. The van der Waals surface area contributed by atoms with Crippen LogP contribution in [-0.2, 0) is 4.79 Å². The summed E-state index contributed by atoms with van der Waals surface area (Å²) in [5.74, 6) is 4.63. The van der Waals surface area contributed by atoms with Crippen LogP contribution in [0.4, 0.5) is 4.79 Å². The minimum Gasteiger partial charge on any atom is -0.480 e. The van der Waals surface area contributed by atoms with Gasteiger partial charge in [0.1, 0.15) is 6.54 Å². The molecule has 0 heterocycles. The average molecular weight is 212 g/mol. The Morgan fingerprint density at radius 3 is 2.33 bits per heavy atom. The van der Waals surface area contributed by atoms with Gasteiger partial charge in [-0.25, -0.2) is 4.79 Å². The maximum Gasteiger partial charge on any atom is 0.323 e. The van der Waals surface area contributed by atoms with Gasteiger partial charge in [0.05, 0.1) is 6.54 Å². The number of hydrogen-bond acceptors (Lipinski definition) is 2. The molecule has 0 aliphatic carbocycles. The van der Waals surface area contributed by atoms with Gasteiger partial charge in [-0.1, -0.05) is 11.8 Å². The second kappa shape index (κ2) is 5.91. The number of carbonyl (C=O) groups is 2. The molecule has 0 aromatic rings. The molecule has 0 aliphatic rings. The zero-order valence-corrected chi connectivity index (χ0v) is 9.18. The van der Waals surface area contributed by atoms with Crippen LogP contribution in [0.3, 0.4) is 0 Å². The molecule has 5 heteroatoms. The zero-order chi connectivity index (χ0) is 11.9. The Balaban J connectivity index is 3.72. The summed E-state index contributed by atoms with van der Waals surface area (Å²) in [6.45, 7) is 5.71. The summed E-state index contributed by atoms with van der Waals surface area (Å²) in [6.07, 6.45) is 0. The minimum atomic E-state index is -1.08. The molecule has 2 amide bonds. The molecular formula is C10H16N2O3. The first kappa shape index (κ1) is 13.3. The van der Waals surface area contributed by atoms with Crippen molar-refractivity contribution in [3.63, 3.8) is 0 Å². The summed E-state index contributed by atoms with van der Waals surface area (Å²) >= 11 is 0. The third-order valence-corrected chi connectivity index (χ3v) is 1.20. The molecule has 0 rings (SSSR count). The molecule has 0 bridgehead atoms. The third kappa shape index (κ3) is 10.2. The number of aliphatic carboxylic acids is 1. The number of urea groups is 1. The highest BCUT2D eigenvalue weighted by atomic mass is 16.4. The molecule has 0 spiro atoms. The van der Waals surface area contributed by atoms with E-state index in [2.05, 4.69) is 22.5 Å². The molecule has 0 aliphatic heterocycles. The Morgan fingerprint density at radius 1 is 1.27 bits per heavy atom. The lowest BCUT2D eigenvalue weighted by Gasteiger charge is -2.07. The molecule has 3 N–H and O–H groups in total. The van der Waals surface area contributed by atoms with E-state index in [1.165, 1.54) is 0 Å². The molecule has 15 heavy (non-hydrogen) atoms. The van der Waals surface area contributed by atoms with Gasteiger partial charge < -0.3 is 15.7 Å². The topological polar surface area (TPSA) is 78.4 Å². The molecule has 0 saturated carbocycles. The van der Waals surface area contributed by atoms with Gasteiger partial charge in [0, 0.05) is 5.41 Å². The Bertz CT molecular complexity index is 294. The molecule has 0 radical (unpaired) electrons. The first-order valence-corrected chi connectivity index (χ1v) is 4.55. The second-order valence-corrected chi connectivity index (χ2v) is 3.98. The predicted molar refractivity (Wildman–Crippen MR) is 56.3 cm³/mol. The van der Waals surface area contributed by atoms with Gasteiger partial charge in [-0.15, -0.1) is 0 Å². The molecule has 0 aromatic heterocycles. The van der Waals surface area contributed by atoms with Crippen LogP contribution in [0, 0.1) is 17.3 Å². The summed E-state index contributed by atoms with van der Waals surface area (Å²) in [5, 5.41) is 12.9. The van der Waals surface area contributed by atoms with E-state index in [4.69, 9.17) is 5.11 Å². The Morgan fingerprint density at radius 2 is 1.87 bits per heavy atom. The van der Waals surface area contributed by atoms with Crippen LogP contribution in [0.5, 0.6) is 0 Å². The van der Waals surface area contributed by atoms with Gasteiger partial charge in [-0.2, -0.15) is 0 Å². The summed E-state index contributed by atoms with van der Waals surface area (Å²) in [5.41, 5.74) is -0.0980. The maximum absolute atomic E-state index is 10.9. The van der Waals surface area contributed by atoms with E-state index in [0.717, 1.165) is 0 Å². The Kier molecular flexibility index (Phi) is 5.24. The maximum atomic E-state index is 10.9. The SMILES string of the molecule is CC(C)(C)C#CCNC(=O)NCC(=O)O. The average Bonchev–Trinajstić information content (AvgIpc) is 2.07. The fourth-order valence-electron chi connectivity index (χ4n) is 0.652. The normalized spacial score (nSPS) is 9.80. The smallest absolute Gasteiger partial charge is 0.323 e. The van der Waals surface area contributed by atoms with Crippen LogP contribution in [0.2, 0.25) is 0 Å². The van der Waals surface area contributed by atoms with E-state index in [1.807, 2.05) is 20.8 Å². The largest absolute Gasteiger partial charge is 0.480 e. The first-order chi connectivity index (χ1) is 6.81. The van der Waals surface area contributed by atoms with Crippen molar-refractivity contribution in [1.29, 1.82) is 0 Å². The molecular weight excluding hydrogens is 196 g/mol. The van der Waals surface area contributed by atoms with Crippen LogP contribution in [0.15, 0.2) is 0 Å². The van der Waals surface area contributed by atoms with Crippen LogP contribution in [0.25, 0.3) is 0 Å². The van der Waals surface area contributed by atoms with Crippen molar-refractivity contribution in [2.75, 3.05) is 13.1 Å². The highest BCUT2D eigenvalue weighted by Gasteiger charge is 2.03. The minimum absolute atomic E-state index is 0.0980. The molecule has 0 fully saturated rings. The lowest BCUT2D eigenvalue weighted by molar-refractivity contribution is -0.135. The fraction of sp³-hybridized carbons (Fsp3) is 0.600. The Hall–Kier alpha value is -1.70. The van der Waals surface area contributed by atoms with Gasteiger partial charge in [-0.3, -0.25) is 4.79 Å². The van der Waals surface area contributed by atoms with Crippen molar-refractivity contribution in [3.8, 4) is 11.8 Å². The van der Waals surface area contributed by atoms with Crippen molar-refractivity contribution in [1.82, 2.24) is 10.6 Å². The van der Waals surface area contributed by atoms with Gasteiger partial charge >= 0.3 is 12.0 Å². The highest BCUT2D eigenvalue weighted by molar-refractivity contribution is 5.79. The van der Waals surface area contributed by atoms with Crippen LogP contribution in [-0.4, -0.2) is 30.2 Å². The van der Waals surface area contributed by atoms with Crippen molar-refractivity contribution >= 4 is 12.0 Å². The number of carboxylic acid groups (broad SMARTS) is 1. The van der Waals surface area contributed by atoms with Crippen molar-refractivity contribution in [2.45, 2.75) is 20.8 Å². The van der Waals surface area contributed by atoms with E-state index < -0.39 is 18.5 Å². The molecule has 0 saturated heterocycles. The van der Waals surface area contributed by atoms with Crippen molar-refractivity contribution < 1.29 is 14.7 Å². The summed E-state index contributed by atoms with van der Waals surface area (Å²) in [4.78, 5) is 21.0. The monoisotopic (exact) mass is 212 g/mol. The number of carbonyl (C=O) groups excluding carboxylic acids is 1. The summed E-state index contributed by atoms with van der Waals surface area (Å²) < 4.78 is 0. The Labute approximate surface area is 89.2 Å². The van der Waals surface area contributed by atoms with E-state index in [9.17, 15) is 9.59 Å². The lowest BCUT2D eigenvalue weighted by atomic mass is 9.98. The number of rotatable bonds is 3. The van der Waals surface area contributed by atoms with Crippen LogP contribution < -0.4 is 10.6 Å². The number of amides is 2. The number of hydrogen-bond donors (Lipinski definition) is 3. The summed E-state index contributed by atoms with van der Waals surface area (Å²) in [6, 6.07) is -0.527. The standard InChI is InChI=1S/C10H16N2O3/c1-10(2,3)5-4-6-11-9(15)12-7-8(13)14/h6-7H2,1-3H3,(H,13,14)(H2,11,12,15). The predicted octanol–water partition coefficient (Wildman–Crippen LogP) is 0.420. The highest BCUT2D eigenvalue weighted by Crippen LogP contribution is 2.09. The van der Waals surface area contributed by atoms with Gasteiger partial charge in [0.15, 0.2) is 0 Å². The van der Waals surface area contributed by atoms with Crippen molar-refractivity contribution in [3.05, 3.63) is 0 Å². The fourth-order valence-corrected chi connectivity index (χ4v) is 0.652. The first-order valence-electron chi connectivity index (χ1n) is 4.55. The van der Waals surface area contributed by atoms with Gasteiger partial charge in [-0.05, 0) is 20.8 Å². The molecule has 84 valence electrons. The van der Waals surface area contributed by atoms with Gasteiger partial charge in [0.25, 0.3) is 0 Å². The van der Waals surface area contributed by atoms with Crippen LogP contribution in [0.1, 0.15) is 20.8 Å². The lowest BCUT2D eigenvalue weighted by Crippen LogP contribution is -2.38. The zero-order valence-electron chi connectivity index (χ0n) is 9.18. The van der Waals surface area contributed by atoms with Crippen molar-refractivity contribution in [2.24, 2.45) is 5.41 Å². The number of nitrogens with one attached hydrogen (secondary N) is 2. The molecule has 0 atom stereocenters. The van der Waals surface area contributed by atoms with Crippen LogP contribution >= 0.6 is 0 Å². The van der Waals surface area contributed by atoms with E-state index >= 15 is 0 Å². The summed E-state index contributed by atoms with van der Waals surface area (Å²) in [7, 11) is 0.